The molecule has 3 atom stereocenters. The Labute approximate surface area is 185 Å². The number of aryl methyl sites for hydroxylation is 1. The quantitative estimate of drug-likeness (QED) is 0.228. The van der Waals surface area contributed by atoms with Crippen LogP contribution in [0.5, 0.6) is 0 Å². The number of hydrogen-bond acceptors (Lipinski definition) is 8. The lowest BCUT2D eigenvalue weighted by Crippen LogP contribution is -2.37. The lowest BCUT2D eigenvalue weighted by Gasteiger charge is -2.13. The fourth-order valence-corrected chi connectivity index (χ4v) is 3.30. The molecule has 1 fully saturated rings. The molecule has 3 heterocycles. The van der Waals surface area contributed by atoms with Gasteiger partial charge in [-0.05, 0) is 12.8 Å². The zero-order valence-electron chi connectivity index (χ0n) is 17.8. The van der Waals surface area contributed by atoms with E-state index in [4.69, 9.17) is 4.74 Å². The first kappa shape index (κ1) is 24.6. The third-order valence-electron chi connectivity index (χ3n) is 4.82. The van der Waals surface area contributed by atoms with Gasteiger partial charge in [-0.15, -0.1) is 0 Å². The summed E-state index contributed by atoms with van der Waals surface area (Å²) < 4.78 is 43.9. The fourth-order valence-electron chi connectivity index (χ4n) is 3.30. The lowest BCUT2D eigenvalue weighted by atomic mass is 10.2. The van der Waals surface area contributed by atoms with Crippen LogP contribution in [-0.4, -0.2) is 92.7 Å². The molecule has 1 saturated heterocycles. The molecule has 0 saturated carbocycles. The maximum Gasteiger partial charge on any atom is 0.471 e. The van der Waals surface area contributed by atoms with Crippen LogP contribution in [0.3, 0.4) is 0 Å². The Morgan fingerprint density at radius 3 is 2.79 bits per heavy atom. The van der Waals surface area contributed by atoms with Crippen molar-refractivity contribution in [3.63, 3.8) is 0 Å². The second kappa shape index (κ2) is 9.84. The van der Waals surface area contributed by atoms with E-state index < -0.39 is 42.7 Å². The fraction of sp³-hybridized carbons (Fsp3) is 0.611. The highest BCUT2D eigenvalue weighted by Gasteiger charge is 2.38. The number of fused-ring (bicyclic) bond motifs is 1. The maximum atomic E-state index is 12.8. The molecule has 1 aliphatic rings. The number of rotatable bonds is 8. The first-order valence-corrected chi connectivity index (χ1v) is 10.0. The summed E-state index contributed by atoms with van der Waals surface area (Å²) in [7, 11) is 3.45. The molecule has 2 aromatic heterocycles. The Kier molecular flexibility index (Phi) is 7.34. The minimum atomic E-state index is -4.98. The van der Waals surface area contributed by atoms with E-state index in [2.05, 4.69) is 20.1 Å². The molecule has 182 valence electrons. The summed E-state index contributed by atoms with van der Waals surface area (Å²) in [5.41, 5.74) is -0.229. The summed E-state index contributed by atoms with van der Waals surface area (Å²) in [5.74, 6) is -2.06. The third-order valence-corrected chi connectivity index (χ3v) is 4.82. The van der Waals surface area contributed by atoms with Gasteiger partial charge in [0, 0.05) is 27.1 Å². The number of carbonyl (C=O) groups is 1. The predicted molar refractivity (Wildman–Crippen MR) is 109 cm³/mol. The zero-order valence-corrected chi connectivity index (χ0v) is 17.8. The van der Waals surface area contributed by atoms with Gasteiger partial charge in [-0.3, -0.25) is 14.6 Å². The van der Waals surface area contributed by atoms with Crippen LogP contribution in [0.25, 0.3) is 11.0 Å². The number of nitrogens with zero attached hydrogens (tertiary/aromatic N) is 5. The zero-order chi connectivity index (χ0) is 24.3. The number of amides is 1. The minimum Gasteiger partial charge on any atom is -0.394 e. The van der Waals surface area contributed by atoms with E-state index in [-0.39, 0.29) is 48.5 Å². The minimum absolute atomic E-state index is 0.0106. The number of aromatic nitrogens is 4. The van der Waals surface area contributed by atoms with Gasteiger partial charge in [0.2, 0.25) is 5.95 Å². The normalized spacial score (nSPS) is 21.2. The molecule has 1 amide bonds. The number of nitrogens with one attached hydrogen (secondary N) is 2. The summed E-state index contributed by atoms with van der Waals surface area (Å²) in [4.78, 5) is 36.2. The number of alkyl halides is 3. The van der Waals surface area contributed by atoms with Gasteiger partial charge in [-0.2, -0.15) is 23.3 Å². The van der Waals surface area contributed by atoms with Gasteiger partial charge in [-0.25, -0.2) is 9.67 Å². The van der Waals surface area contributed by atoms with Crippen LogP contribution in [0.4, 0.5) is 19.1 Å². The average Bonchev–Trinajstić information content (AvgIpc) is 3.29. The Morgan fingerprint density at radius 1 is 1.45 bits per heavy atom. The van der Waals surface area contributed by atoms with E-state index in [1.165, 1.54) is 11.0 Å². The summed E-state index contributed by atoms with van der Waals surface area (Å²) in [6.45, 7) is -0.705. The van der Waals surface area contributed by atoms with E-state index >= 15 is 0 Å². The summed E-state index contributed by atoms with van der Waals surface area (Å²) in [6, 6.07) is 0. The number of aliphatic hydroxyl groups excluding tert-OH is 2. The standard InChI is InChI=1S/C18H24F3N7O5/c1-27(2)8-23-17-24-14-13(15(31)25-17)9(4-3-5-22-16(32)18(19,20)21)26-28(14)12-6-10(30)11(7-29)33-12/h8,10-12,29-30H,3-7H2,1-2H3,(H,22,32)(H,24,25,31)/t10?,11-,12-/m1/s1. The Balaban J connectivity index is 1.91. The molecule has 2 aromatic rings. The molecule has 0 aromatic carbocycles. The monoisotopic (exact) mass is 475 g/mol. The third kappa shape index (κ3) is 5.66. The lowest BCUT2D eigenvalue weighted by molar-refractivity contribution is -0.173. The van der Waals surface area contributed by atoms with Crippen LogP contribution in [0.1, 0.15) is 24.8 Å². The molecule has 3 rings (SSSR count). The van der Waals surface area contributed by atoms with Crippen LogP contribution in [-0.2, 0) is 16.0 Å². The molecule has 1 unspecified atom stereocenters. The number of ether oxygens (including phenoxy) is 1. The van der Waals surface area contributed by atoms with Crippen LogP contribution in [0.2, 0.25) is 0 Å². The van der Waals surface area contributed by atoms with Gasteiger partial charge in [-0.1, -0.05) is 0 Å². The highest BCUT2D eigenvalue weighted by molar-refractivity contribution is 5.81. The van der Waals surface area contributed by atoms with Crippen molar-refractivity contribution in [2.45, 2.75) is 43.9 Å². The van der Waals surface area contributed by atoms with Crippen molar-refractivity contribution in [2.24, 2.45) is 4.99 Å². The van der Waals surface area contributed by atoms with Crippen LogP contribution >= 0.6 is 0 Å². The number of carbonyl (C=O) groups excluding carboxylic acids is 1. The molecule has 33 heavy (non-hydrogen) atoms. The summed E-state index contributed by atoms with van der Waals surface area (Å²) >= 11 is 0. The summed E-state index contributed by atoms with van der Waals surface area (Å²) in [6.07, 6.45) is -5.99. The van der Waals surface area contributed by atoms with Crippen molar-refractivity contribution < 1.29 is 32.9 Å². The number of hydrogen-bond donors (Lipinski definition) is 4. The molecule has 4 N–H and O–H groups in total. The number of aliphatic hydroxyl groups is 2. The maximum absolute atomic E-state index is 12.8. The first-order valence-electron chi connectivity index (χ1n) is 10.0. The number of aliphatic imine (C=N–C) groups is 1. The van der Waals surface area contributed by atoms with Crippen molar-refractivity contribution in [1.82, 2.24) is 30.0 Å². The molecule has 1 aliphatic heterocycles. The van der Waals surface area contributed by atoms with Gasteiger partial charge < -0.3 is 25.2 Å². The molecule has 12 nitrogen and oxygen atoms in total. The number of H-pyrrole nitrogens is 1. The van der Waals surface area contributed by atoms with Crippen molar-refractivity contribution in [2.75, 3.05) is 27.2 Å². The second-order valence-corrected chi connectivity index (χ2v) is 7.66. The van der Waals surface area contributed by atoms with Gasteiger partial charge >= 0.3 is 12.1 Å². The molecular weight excluding hydrogens is 451 g/mol. The topological polar surface area (TPSA) is 158 Å². The highest BCUT2D eigenvalue weighted by atomic mass is 19.4. The van der Waals surface area contributed by atoms with Crippen molar-refractivity contribution in [1.29, 1.82) is 0 Å². The van der Waals surface area contributed by atoms with Crippen molar-refractivity contribution >= 4 is 29.2 Å². The molecule has 0 spiro atoms. The predicted octanol–water partition coefficient (Wildman–Crippen LogP) is -0.407. The van der Waals surface area contributed by atoms with Crippen LogP contribution in [0.15, 0.2) is 9.79 Å². The number of aromatic amines is 1. The molecule has 0 bridgehead atoms. The average molecular weight is 475 g/mol. The molecule has 0 aliphatic carbocycles. The van der Waals surface area contributed by atoms with Crippen molar-refractivity contribution in [3.8, 4) is 0 Å². The van der Waals surface area contributed by atoms with E-state index in [0.717, 1.165) is 0 Å². The second-order valence-electron chi connectivity index (χ2n) is 7.66. The van der Waals surface area contributed by atoms with Gasteiger partial charge in [0.25, 0.3) is 5.56 Å². The highest BCUT2D eigenvalue weighted by Crippen LogP contribution is 2.31. The molecule has 15 heteroatoms. The van der Waals surface area contributed by atoms with Crippen LogP contribution in [0, 0.1) is 0 Å². The van der Waals surface area contributed by atoms with Gasteiger partial charge in [0.1, 0.15) is 11.5 Å². The SMILES string of the molecule is CN(C)C=Nc1nc2c(c(CCCNC(=O)C(F)(F)F)nn2[C@H]2CC(O)[C@@H](CO)O2)c(=O)[nH]1. The first-order chi connectivity index (χ1) is 15.5. The number of halogens is 3. The van der Waals surface area contributed by atoms with E-state index in [9.17, 15) is 33.0 Å². The Morgan fingerprint density at radius 2 is 2.18 bits per heavy atom. The van der Waals surface area contributed by atoms with E-state index in [1.807, 2.05) is 0 Å². The van der Waals surface area contributed by atoms with E-state index in [0.29, 0.717) is 0 Å². The largest absolute Gasteiger partial charge is 0.471 e. The van der Waals surface area contributed by atoms with E-state index in [1.54, 1.807) is 24.3 Å². The Bertz CT molecular complexity index is 1080. The smallest absolute Gasteiger partial charge is 0.394 e. The Hall–Kier alpha value is -3.04. The van der Waals surface area contributed by atoms with Crippen LogP contribution < -0.4 is 10.9 Å². The molecule has 0 radical (unpaired) electrons. The van der Waals surface area contributed by atoms with Crippen molar-refractivity contribution in [3.05, 3.63) is 16.0 Å². The summed E-state index contributed by atoms with van der Waals surface area (Å²) in [5, 5.41) is 25.6. The van der Waals surface area contributed by atoms with Gasteiger partial charge in [0.05, 0.1) is 24.7 Å². The molecular formula is C18H24F3N7O5. The van der Waals surface area contributed by atoms with Gasteiger partial charge in [0.15, 0.2) is 11.9 Å².